The van der Waals surface area contributed by atoms with Gasteiger partial charge in [-0.1, -0.05) is 54.6 Å². The van der Waals surface area contributed by atoms with Crippen molar-refractivity contribution in [1.29, 1.82) is 0 Å². The molecule has 0 aliphatic carbocycles. The Morgan fingerprint density at radius 2 is 0.840 bits per heavy atom. The SMILES string of the molecule is c1ccc2sc(-c3ccc(N(c4ccc(-c5ccc6c(n5)sc5ccccc56)cc4)c4ccc(-c5nc6ccccc6s5)cc4)cc3)nc2c1. The van der Waals surface area contributed by atoms with Crippen molar-refractivity contribution < 1.29 is 0 Å². The maximum Gasteiger partial charge on any atom is 0.125 e. The monoisotopic (exact) mass is 694 g/mol. The zero-order chi connectivity index (χ0) is 33.0. The summed E-state index contributed by atoms with van der Waals surface area (Å²) < 4.78 is 3.66. The Labute approximate surface area is 300 Å². The zero-order valence-electron chi connectivity index (χ0n) is 26.5. The van der Waals surface area contributed by atoms with Crippen LogP contribution in [0.2, 0.25) is 0 Å². The first-order valence-corrected chi connectivity index (χ1v) is 18.8. The molecule has 0 atom stereocenters. The van der Waals surface area contributed by atoms with Gasteiger partial charge in [0.2, 0.25) is 0 Å². The average molecular weight is 695 g/mol. The second-order valence-electron chi connectivity index (χ2n) is 12.1. The van der Waals surface area contributed by atoms with E-state index in [2.05, 4.69) is 150 Å². The van der Waals surface area contributed by atoms with E-state index in [9.17, 15) is 0 Å². The highest BCUT2D eigenvalue weighted by atomic mass is 32.1. The summed E-state index contributed by atoms with van der Waals surface area (Å²) in [6, 6.07) is 55.7. The van der Waals surface area contributed by atoms with Gasteiger partial charge < -0.3 is 4.90 Å². The summed E-state index contributed by atoms with van der Waals surface area (Å²) in [5.41, 5.74) is 9.56. The van der Waals surface area contributed by atoms with E-state index in [4.69, 9.17) is 15.0 Å². The second-order valence-corrected chi connectivity index (χ2v) is 15.2. The molecule has 50 heavy (non-hydrogen) atoms. The summed E-state index contributed by atoms with van der Waals surface area (Å²) >= 11 is 5.20. The van der Waals surface area contributed by atoms with Crippen molar-refractivity contribution in [2.24, 2.45) is 0 Å². The Hall–Kier alpha value is -5.73. The maximum atomic E-state index is 5.08. The third-order valence-corrected chi connectivity index (χ3v) is 12.2. The number of thiophene rings is 1. The predicted octanol–water partition coefficient (Wildman–Crippen LogP) is 13.1. The zero-order valence-corrected chi connectivity index (χ0v) is 29.0. The smallest absolute Gasteiger partial charge is 0.125 e. The molecule has 0 unspecified atom stereocenters. The Bertz CT molecular complexity index is 2630. The van der Waals surface area contributed by atoms with Gasteiger partial charge in [-0.25, -0.2) is 15.0 Å². The molecule has 6 aromatic carbocycles. The van der Waals surface area contributed by atoms with Gasteiger partial charge in [0.15, 0.2) is 0 Å². The molecule has 0 fully saturated rings. The van der Waals surface area contributed by atoms with Gasteiger partial charge >= 0.3 is 0 Å². The van der Waals surface area contributed by atoms with Crippen molar-refractivity contribution in [3.05, 3.63) is 158 Å². The van der Waals surface area contributed by atoms with E-state index in [1.807, 2.05) is 12.1 Å². The number of fused-ring (bicyclic) bond motifs is 5. The summed E-state index contributed by atoms with van der Waals surface area (Å²) in [5, 5.41) is 4.52. The molecule has 4 aromatic heterocycles. The molecule has 4 heterocycles. The normalized spacial score (nSPS) is 11.6. The van der Waals surface area contributed by atoms with Crippen LogP contribution in [0.15, 0.2) is 158 Å². The van der Waals surface area contributed by atoms with E-state index < -0.39 is 0 Å². The lowest BCUT2D eigenvalue weighted by Crippen LogP contribution is -2.09. The Balaban J connectivity index is 1.02. The third kappa shape index (κ3) is 5.15. The van der Waals surface area contributed by atoms with E-state index in [-0.39, 0.29) is 0 Å². The summed E-state index contributed by atoms with van der Waals surface area (Å²) in [5.74, 6) is 0. The molecule has 0 saturated carbocycles. The number of anilines is 3. The number of nitrogens with zero attached hydrogens (tertiary/aromatic N) is 4. The highest BCUT2D eigenvalue weighted by Gasteiger charge is 2.16. The number of rotatable bonds is 6. The molecule has 0 aliphatic heterocycles. The van der Waals surface area contributed by atoms with Crippen LogP contribution in [0.3, 0.4) is 0 Å². The van der Waals surface area contributed by atoms with Crippen molar-refractivity contribution in [1.82, 2.24) is 15.0 Å². The average Bonchev–Trinajstić information content (AvgIpc) is 3.91. The van der Waals surface area contributed by atoms with E-state index >= 15 is 0 Å². The molecule has 10 rings (SSSR count). The molecule has 0 saturated heterocycles. The number of benzene rings is 6. The highest BCUT2D eigenvalue weighted by Crippen LogP contribution is 2.40. The molecule has 0 N–H and O–H groups in total. The molecular weight excluding hydrogens is 669 g/mol. The molecule has 0 aliphatic rings. The summed E-state index contributed by atoms with van der Waals surface area (Å²) in [6.07, 6.45) is 0. The lowest BCUT2D eigenvalue weighted by atomic mass is 10.1. The van der Waals surface area contributed by atoms with Crippen molar-refractivity contribution in [3.63, 3.8) is 0 Å². The summed E-state index contributed by atoms with van der Waals surface area (Å²) in [6.45, 7) is 0. The van der Waals surface area contributed by atoms with Gasteiger partial charge in [-0.3, -0.25) is 0 Å². The Morgan fingerprint density at radius 1 is 0.360 bits per heavy atom. The largest absolute Gasteiger partial charge is 0.311 e. The summed E-state index contributed by atoms with van der Waals surface area (Å²) in [4.78, 5) is 18.2. The van der Waals surface area contributed by atoms with Crippen LogP contribution in [-0.4, -0.2) is 15.0 Å². The first kappa shape index (κ1) is 29.2. The van der Waals surface area contributed by atoms with Crippen LogP contribution in [0, 0.1) is 0 Å². The van der Waals surface area contributed by atoms with Crippen LogP contribution >= 0.6 is 34.0 Å². The third-order valence-electron chi connectivity index (χ3n) is 9.00. The minimum absolute atomic E-state index is 0.975. The van der Waals surface area contributed by atoms with Gasteiger partial charge in [0.25, 0.3) is 0 Å². The molecule has 0 amide bonds. The second kappa shape index (κ2) is 12.0. The van der Waals surface area contributed by atoms with Gasteiger partial charge in [0, 0.05) is 49.2 Å². The van der Waals surface area contributed by atoms with Crippen LogP contribution in [0.25, 0.3) is 73.1 Å². The Kier molecular flexibility index (Phi) is 7.01. The molecule has 10 aromatic rings. The van der Waals surface area contributed by atoms with Gasteiger partial charge in [0.1, 0.15) is 14.8 Å². The fourth-order valence-corrected chi connectivity index (χ4v) is 9.51. The lowest BCUT2D eigenvalue weighted by Gasteiger charge is -2.26. The first-order valence-electron chi connectivity index (χ1n) is 16.3. The quantitative estimate of drug-likeness (QED) is 0.174. The maximum absolute atomic E-state index is 5.08. The minimum atomic E-state index is 0.975. The molecule has 0 radical (unpaired) electrons. The van der Waals surface area contributed by atoms with Crippen LogP contribution in [0.5, 0.6) is 0 Å². The molecule has 4 nitrogen and oxygen atoms in total. The highest BCUT2D eigenvalue weighted by molar-refractivity contribution is 7.25. The Morgan fingerprint density at radius 3 is 1.38 bits per heavy atom. The number of hydrogen-bond donors (Lipinski definition) is 0. The molecule has 236 valence electrons. The topological polar surface area (TPSA) is 41.9 Å². The number of hydrogen-bond acceptors (Lipinski definition) is 7. The molecule has 0 bridgehead atoms. The van der Waals surface area contributed by atoms with Crippen molar-refractivity contribution in [2.45, 2.75) is 0 Å². The van der Waals surface area contributed by atoms with Gasteiger partial charge in [-0.15, -0.1) is 34.0 Å². The number of aromatic nitrogens is 3. The van der Waals surface area contributed by atoms with E-state index in [0.29, 0.717) is 0 Å². The first-order chi connectivity index (χ1) is 24.7. The van der Waals surface area contributed by atoms with Gasteiger partial charge in [-0.2, -0.15) is 0 Å². The molecule has 0 spiro atoms. The van der Waals surface area contributed by atoms with E-state index in [1.54, 1.807) is 34.0 Å². The van der Waals surface area contributed by atoms with Crippen LogP contribution in [0.1, 0.15) is 0 Å². The van der Waals surface area contributed by atoms with Crippen molar-refractivity contribution >= 4 is 91.8 Å². The van der Waals surface area contributed by atoms with Crippen molar-refractivity contribution in [3.8, 4) is 32.4 Å². The minimum Gasteiger partial charge on any atom is -0.311 e. The van der Waals surface area contributed by atoms with Crippen LogP contribution < -0.4 is 4.90 Å². The summed E-state index contributed by atoms with van der Waals surface area (Å²) in [7, 11) is 0. The fourth-order valence-electron chi connectivity index (χ4n) is 6.49. The lowest BCUT2D eigenvalue weighted by molar-refractivity contribution is 1.28. The fraction of sp³-hybridized carbons (Fsp3) is 0. The number of para-hydroxylation sites is 2. The molecular formula is C43H26N4S3. The predicted molar refractivity (Wildman–Crippen MR) is 214 cm³/mol. The van der Waals surface area contributed by atoms with Gasteiger partial charge in [-0.05, 0) is 103 Å². The number of pyridine rings is 1. The van der Waals surface area contributed by atoms with Gasteiger partial charge in [0.05, 0.1) is 26.1 Å². The molecule has 7 heteroatoms. The van der Waals surface area contributed by atoms with Crippen LogP contribution in [0.4, 0.5) is 17.1 Å². The number of thiazole rings is 2. The van der Waals surface area contributed by atoms with E-state index in [1.165, 1.54) is 24.9 Å². The standard InChI is InChI=1S/C43H26N4S3/c1-4-10-38-33(7-1)34-25-26-35(44-43(34)48-38)27-13-19-30(20-14-27)47(31-21-15-28(16-22-31)41-45-36-8-2-5-11-39(36)49-41)32-23-17-29(18-24-32)42-46-37-9-3-6-12-40(37)50-42/h1-26H. The van der Waals surface area contributed by atoms with E-state index in [0.717, 1.165) is 65.3 Å². The van der Waals surface area contributed by atoms with Crippen molar-refractivity contribution in [2.75, 3.05) is 4.90 Å². The van der Waals surface area contributed by atoms with Crippen LogP contribution in [-0.2, 0) is 0 Å².